The molecule has 6 nitrogen and oxygen atoms in total. The van der Waals surface area contributed by atoms with Gasteiger partial charge < -0.3 is 9.64 Å². The Morgan fingerprint density at radius 2 is 1.96 bits per heavy atom. The molecule has 0 saturated carbocycles. The van der Waals surface area contributed by atoms with Gasteiger partial charge in [-0.2, -0.15) is 0 Å². The van der Waals surface area contributed by atoms with Gasteiger partial charge in [0.25, 0.3) is 0 Å². The van der Waals surface area contributed by atoms with Gasteiger partial charge in [-0.3, -0.25) is 4.79 Å². The molecule has 1 aliphatic heterocycles. The maximum atomic E-state index is 12.3. The fourth-order valence-corrected chi connectivity index (χ4v) is 2.93. The lowest BCUT2D eigenvalue weighted by atomic mass is 9.98. The first-order valence-electron chi connectivity index (χ1n) is 8.58. The number of hydrogen-bond acceptors (Lipinski definition) is 4. The lowest BCUT2D eigenvalue weighted by Crippen LogP contribution is -2.52. The average Bonchev–Trinajstić information content (AvgIpc) is 3.02. The number of carbonyl (C=O) groups excluding carboxylic acids is 1. The van der Waals surface area contributed by atoms with Crippen LogP contribution in [0, 0.1) is 5.92 Å². The van der Waals surface area contributed by atoms with Gasteiger partial charge in [0.05, 0.1) is 12.2 Å². The van der Waals surface area contributed by atoms with Crippen LogP contribution in [0.25, 0.3) is 0 Å². The minimum absolute atomic E-state index is 0.150. The zero-order chi connectivity index (χ0) is 16.9. The molecular formula is C18H24N4O2. The SMILES string of the molecule is CCC(CC)C(=O)N1CC(n2cc(COc3ccccc3)nn2)C1. The quantitative estimate of drug-likeness (QED) is 0.784. The number of amides is 1. The number of benzene rings is 1. The standard InChI is InChI=1S/C18H24N4O2/c1-3-14(4-2)18(23)21-11-16(12-21)22-10-15(19-20-22)13-24-17-8-6-5-7-9-17/h5-10,14,16H,3-4,11-13H2,1-2H3. The first-order chi connectivity index (χ1) is 11.7. The summed E-state index contributed by atoms with van der Waals surface area (Å²) < 4.78 is 7.52. The van der Waals surface area contributed by atoms with Crippen LogP contribution < -0.4 is 4.74 Å². The molecule has 0 radical (unpaired) electrons. The van der Waals surface area contributed by atoms with Gasteiger partial charge in [0.1, 0.15) is 18.1 Å². The summed E-state index contributed by atoms with van der Waals surface area (Å²) in [5, 5.41) is 8.33. The van der Waals surface area contributed by atoms with Gasteiger partial charge in [0.2, 0.25) is 5.91 Å². The highest BCUT2D eigenvalue weighted by atomic mass is 16.5. The van der Waals surface area contributed by atoms with Gasteiger partial charge in [-0.25, -0.2) is 4.68 Å². The number of hydrogen-bond donors (Lipinski definition) is 0. The molecule has 1 fully saturated rings. The summed E-state index contributed by atoms with van der Waals surface area (Å²) in [4.78, 5) is 14.2. The summed E-state index contributed by atoms with van der Waals surface area (Å²) in [5.41, 5.74) is 0.795. The van der Waals surface area contributed by atoms with Gasteiger partial charge in [-0.15, -0.1) is 5.10 Å². The van der Waals surface area contributed by atoms with Gasteiger partial charge in [0.15, 0.2) is 0 Å². The van der Waals surface area contributed by atoms with Crippen LogP contribution in [0.1, 0.15) is 38.4 Å². The summed E-state index contributed by atoms with van der Waals surface area (Å²) in [6.45, 7) is 5.97. The lowest BCUT2D eigenvalue weighted by Gasteiger charge is -2.40. The Morgan fingerprint density at radius 3 is 2.62 bits per heavy atom. The highest BCUT2D eigenvalue weighted by Gasteiger charge is 2.34. The fraction of sp³-hybridized carbons (Fsp3) is 0.500. The molecule has 0 bridgehead atoms. The predicted octanol–water partition coefficient (Wildman–Crippen LogP) is 2.68. The fourth-order valence-electron chi connectivity index (χ4n) is 2.93. The monoisotopic (exact) mass is 328 g/mol. The van der Waals surface area contributed by atoms with Crippen LogP contribution >= 0.6 is 0 Å². The van der Waals surface area contributed by atoms with E-state index >= 15 is 0 Å². The number of aromatic nitrogens is 3. The Hall–Kier alpha value is -2.37. The molecule has 6 heteroatoms. The number of likely N-dealkylation sites (tertiary alicyclic amines) is 1. The summed E-state index contributed by atoms with van der Waals surface area (Å²) in [6, 6.07) is 9.88. The third kappa shape index (κ3) is 3.58. The van der Waals surface area contributed by atoms with Crippen molar-refractivity contribution >= 4 is 5.91 Å². The Labute approximate surface area is 142 Å². The van der Waals surface area contributed by atoms with E-state index in [4.69, 9.17) is 4.74 Å². The van der Waals surface area contributed by atoms with Crippen molar-refractivity contribution in [3.63, 3.8) is 0 Å². The first-order valence-corrected chi connectivity index (χ1v) is 8.58. The smallest absolute Gasteiger partial charge is 0.225 e. The molecule has 0 aliphatic carbocycles. The Bertz CT molecular complexity index is 661. The van der Waals surface area contributed by atoms with Crippen LogP contribution in [0.15, 0.2) is 36.5 Å². The van der Waals surface area contributed by atoms with E-state index in [2.05, 4.69) is 24.2 Å². The lowest BCUT2D eigenvalue weighted by molar-refractivity contribution is -0.141. The van der Waals surface area contributed by atoms with Gasteiger partial charge in [0, 0.05) is 19.0 Å². The van der Waals surface area contributed by atoms with E-state index in [9.17, 15) is 4.79 Å². The molecule has 1 aromatic carbocycles. The molecule has 2 aromatic rings. The van der Waals surface area contributed by atoms with Crippen molar-refractivity contribution in [2.75, 3.05) is 13.1 Å². The normalized spacial score (nSPS) is 14.7. The molecule has 0 spiro atoms. The van der Waals surface area contributed by atoms with Crippen molar-refractivity contribution in [2.24, 2.45) is 5.92 Å². The molecule has 24 heavy (non-hydrogen) atoms. The third-order valence-electron chi connectivity index (χ3n) is 4.57. The zero-order valence-corrected chi connectivity index (χ0v) is 14.3. The van der Waals surface area contributed by atoms with Crippen molar-refractivity contribution in [3.05, 3.63) is 42.2 Å². The average molecular weight is 328 g/mol. The summed E-state index contributed by atoms with van der Waals surface area (Å²) >= 11 is 0. The second-order valence-electron chi connectivity index (χ2n) is 6.20. The van der Waals surface area contributed by atoms with Crippen molar-refractivity contribution in [2.45, 2.75) is 39.3 Å². The van der Waals surface area contributed by atoms with Crippen molar-refractivity contribution in [1.82, 2.24) is 19.9 Å². The van der Waals surface area contributed by atoms with Gasteiger partial charge in [-0.05, 0) is 25.0 Å². The van der Waals surface area contributed by atoms with E-state index in [0.717, 1.165) is 37.4 Å². The van der Waals surface area contributed by atoms with Crippen LogP contribution in [-0.4, -0.2) is 38.9 Å². The zero-order valence-electron chi connectivity index (χ0n) is 14.3. The largest absolute Gasteiger partial charge is 0.487 e. The van der Waals surface area contributed by atoms with Crippen LogP contribution in [0.5, 0.6) is 5.75 Å². The van der Waals surface area contributed by atoms with Crippen LogP contribution in [0.2, 0.25) is 0 Å². The highest BCUT2D eigenvalue weighted by Crippen LogP contribution is 2.24. The molecular weight excluding hydrogens is 304 g/mol. The minimum Gasteiger partial charge on any atom is -0.487 e. The number of carbonyl (C=O) groups is 1. The molecule has 0 atom stereocenters. The van der Waals surface area contributed by atoms with E-state index < -0.39 is 0 Å². The second kappa shape index (κ2) is 7.47. The third-order valence-corrected chi connectivity index (χ3v) is 4.57. The van der Waals surface area contributed by atoms with Crippen molar-refractivity contribution < 1.29 is 9.53 Å². The number of rotatable bonds is 7. The predicted molar refractivity (Wildman–Crippen MR) is 90.5 cm³/mol. The number of ether oxygens (including phenoxy) is 1. The minimum atomic E-state index is 0.150. The molecule has 1 aliphatic rings. The summed E-state index contributed by atoms with van der Waals surface area (Å²) in [6.07, 6.45) is 3.72. The molecule has 1 saturated heterocycles. The van der Waals surface area contributed by atoms with E-state index in [1.165, 1.54) is 0 Å². The molecule has 1 aromatic heterocycles. The van der Waals surface area contributed by atoms with Gasteiger partial charge >= 0.3 is 0 Å². The maximum absolute atomic E-state index is 12.3. The van der Waals surface area contributed by atoms with E-state index in [0.29, 0.717) is 6.61 Å². The van der Waals surface area contributed by atoms with Gasteiger partial charge in [-0.1, -0.05) is 37.3 Å². The van der Waals surface area contributed by atoms with Crippen LogP contribution in [-0.2, 0) is 11.4 Å². The molecule has 1 amide bonds. The Morgan fingerprint density at radius 1 is 1.25 bits per heavy atom. The number of para-hydroxylation sites is 1. The van der Waals surface area contributed by atoms with E-state index in [1.54, 1.807) is 0 Å². The topological polar surface area (TPSA) is 60.2 Å². The highest BCUT2D eigenvalue weighted by molar-refractivity contribution is 5.79. The van der Waals surface area contributed by atoms with Crippen LogP contribution in [0.4, 0.5) is 0 Å². The second-order valence-corrected chi connectivity index (χ2v) is 6.20. The molecule has 0 unspecified atom stereocenters. The summed E-state index contributed by atoms with van der Waals surface area (Å²) in [5.74, 6) is 1.23. The van der Waals surface area contributed by atoms with Crippen molar-refractivity contribution in [1.29, 1.82) is 0 Å². The molecule has 3 rings (SSSR count). The van der Waals surface area contributed by atoms with E-state index in [-0.39, 0.29) is 17.9 Å². The molecule has 2 heterocycles. The van der Waals surface area contributed by atoms with Crippen molar-refractivity contribution in [3.8, 4) is 5.75 Å². The molecule has 0 N–H and O–H groups in total. The summed E-state index contributed by atoms with van der Waals surface area (Å²) in [7, 11) is 0. The first kappa shape index (κ1) is 16.5. The van der Waals surface area contributed by atoms with Crippen LogP contribution in [0.3, 0.4) is 0 Å². The number of nitrogens with zero attached hydrogens (tertiary/aromatic N) is 4. The Balaban J connectivity index is 1.50. The molecule has 128 valence electrons. The Kier molecular flexibility index (Phi) is 5.13. The maximum Gasteiger partial charge on any atom is 0.225 e. The van der Waals surface area contributed by atoms with E-state index in [1.807, 2.05) is 46.1 Å².